The highest BCUT2D eigenvalue weighted by molar-refractivity contribution is 9.11. The lowest BCUT2D eigenvalue weighted by Gasteiger charge is -1.97. The fourth-order valence-corrected chi connectivity index (χ4v) is 1.64. The predicted molar refractivity (Wildman–Crippen MR) is 43.3 cm³/mol. The normalized spacial score (nSPS) is 9.80. The quantitative estimate of drug-likeness (QED) is 0.574. The second-order valence-corrected chi connectivity index (χ2v) is 3.37. The number of hydrogen-bond donors (Lipinski definition) is 1. The number of nitrogens with zero attached hydrogens (tertiary/aromatic N) is 1. The third kappa shape index (κ3) is 1.41. The van der Waals surface area contributed by atoms with Crippen molar-refractivity contribution in [3.8, 4) is 0 Å². The molecule has 0 fully saturated rings. The molecule has 0 spiro atoms. The first-order chi connectivity index (χ1) is 4.61. The zero-order valence-electron chi connectivity index (χ0n) is 4.71. The summed E-state index contributed by atoms with van der Waals surface area (Å²) in [5.41, 5.74) is -0.471. The van der Waals surface area contributed by atoms with Gasteiger partial charge in [0, 0.05) is 10.5 Å². The van der Waals surface area contributed by atoms with E-state index in [-0.39, 0.29) is 0 Å². The van der Waals surface area contributed by atoms with Crippen LogP contribution in [0.15, 0.2) is 26.0 Å². The van der Waals surface area contributed by atoms with Crippen molar-refractivity contribution in [1.82, 2.24) is 4.73 Å². The Morgan fingerprint density at radius 2 is 2.00 bits per heavy atom. The van der Waals surface area contributed by atoms with Crippen molar-refractivity contribution in [2.75, 3.05) is 0 Å². The summed E-state index contributed by atoms with van der Waals surface area (Å²) in [5.74, 6) is 0. The highest BCUT2D eigenvalue weighted by Gasteiger charge is 1.98. The molecular weight excluding hydrogens is 266 g/mol. The lowest BCUT2D eigenvalue weighted by molar-refractivity contribution is 0.168. The van der Waals surface area contributed by atoms with Crippen molar-refractivity contribution >= 4 is 31.9 Å². The first-order valence-electron chi connectivity index (χ1n) is 2.38. The fraction of sp³-hybridized carbons (Fsp3) is 0. The zero-order valence-corrected chi connectivity index (χ0v) is 7.89. The molecule has 1 heterocycles. The summed E-state index contributed by atoms with van der Waals surface area (Å²) >= 11 is 6.07. The molecule has 3 nitrogen and oxygen atoms in total. The number of pyridine rings is 1. The van der Waals surface area contributed by atoms with Gasteiger partial charge >= 0.3 is 0 Å². The van der Waals surface area contributed by atoms with Gasteiger partial charge in [-0.05, 0) is 22.0 Å². The molecule has 0 unspecified atom stereocenters. The van der Waals surface area contributed by atoms with Gasteiger partial charge in [-0.25, -0.2) is 0 Å². The van der Waals surface area contributed by atoms with E-state index in [0.717, 1.165) is 0 Å². The molecule has 0 amide bonds. The lowest BCUT2D eigenvalue weighted by Crippen LogP contribution is -2.16. The molecule has 0 saturated carbocycles. The summed E-state index contributed by atoms with van der Waals surface area (Å²) in [6.07, 6.45) is 0. The molecule has 5 heteroatoms. The maximum Gasteiger partial charge on any atom is 0.284 e. The fourth-order valence-electron chi connectivity index (χ4n) is 0.501. The largest absolute Gasteiger partial charge is 0.424 e. The van der Waals surface area contributed by atoms with E-state index in [2.05, 4.69) is 31.9 Å². The lowest BCUT2D eigenvalue weighted by atomic mass is 10.5. The number of hydrogen-bond acceptors (Lipinski definition) is 2. The molecule has 0 atom stereocenters. The van der Waals surface area contributed by atoms with E-state index in [1.54, 1.807) is 6.07 Å². The van der Waals surface area contributed by atoms with Crippen LogP contribution in [0.3, 0.4) is 0 Å². The second-order valence-electron chi connectivity index (χ2n) is 1.65. The summed E-state index contributed by atoms with van der Waals surface area (Å²) in [6.45, 7) is 0. The third-order valence-electron chi connectivity index (χ3n) is 0.929. The first-order valence-corrected chi connectivity index (χ1v) is 3.97. The molecular formula is C5H3Br2NO2. The van der Waals surface area contributed by atoms with Crippen molar-refractivity contribution in [3.63, 3.8) is 0 Å². The highest BCUT2D eigenvalue weighted by Crippen LogP contribution is 2.12. The molecule has 10 heavy (non-hydrogen) atoms. The molecule has 0 aliphatic heterocycles. The van der Waals surface area contributed by atoms with Crippen LogP contribution in [0.1, 0.15) is 0 Å². The van der Waals surface area contributed by atoms with Crippen LogP contribution < -0.4 is 5.56 Å². The molecule has 1 aromatic rings. The molecule has 1 aromatic heterocycles. The van der Waals surface area contributed by atoms with E-state index in [0.29, 0.717) is 13.8 Å². The zero-order chi connectivity index (χ0) is 7.72. The Hall–Kier alpha value is -0.290. The van der Waals surface area contributed by atoms with Gasteiger partial charge in [0.2, 0.25) is 0 Å². The van der Waals surface area contributed by atoms with Gasteiger partial charge in [-0.2, -0.15) is 0 Å². The molecule has 1 rings (SSSR count). The van der Waals surface area contributed by atoms with E-state index in [4.69, 9.17) is 5.21 Å². The molecule has 0 radical (unpaired) electrons. The standard InChI is InChI=1S/C5H3Br2NO2/c6-3-1-4(7)8(10)5(9)2-3/h1-2,10H. The average molecular weight is 269 g/mol. The first kappa shape index (κ1) is 7.81. The Balaban J connectivity index is 3.46. The monoisotopic (exact) mass is 267 g/mol. The van der Waals surface area contributed by atoms with Crippen LogP contribution in [0.4, 0.5) is 0 Å². The Labute approximate surface area is 73.5 Å². The SMILES string of the molecule is O=c1cc(Br)cc(Br)n1O. The summed E-state index contributed by atoms with van der Waals surface area (Å²) < 4.78 is 1.48. The molecule has 54 valence electrons. The molecule has 0 aliphatic carbocycles. The van der Waals surface area contributed by atoms with E-state index in [1.165, 1.54) is 6.07 Å². The van der Waals surface area contributed by atoms with Crippen LogP contribution in [-0.2, 0) is 0 Å². The minimum atomic E-state index is -0.471. The summed E-state index contributed by atoms with van der Waals surface area (Å²) in [5, 5.41) is 8.87. The Kier molecular flexibility index (Phi) is 2.15. The molecule has 0 aliphatic rings. The summed E-state index contributed by atoms with van der Waals surface area (Å²) in [6, 6.07) is 2.84. The van der Waals surface area contributed by atoms with Gasteiger partial charge in [-0.15, -0.1) is 4.73 Å². The Morgan fingerprint density at radius 3 is 2.50 bits per heavy atom. The Morgan fingerprint density at radius 1 is 1.40 bits per heavy atom. The van der Waals surface area contributed by atoms with Crippen LogP contribution in [0, 0.1) is 0 Å². The van der Waals surface area contributed by atoms with Gasteiger partial charge in [0.1, 0.15) is 4.60 Å². The molecule has 1 N–H and O–H groups in total. The van der Waals surface area contributed by atoms with Gasteiger partial charge < -0.3 is 5.21 Å². The van der Waals surface area contributed by atoms with Crippen molar-refractivity contribution < 1.29 is 5.21 Å². The predicted octanol–water partition coefficient (Wildman–Crippen LogP) is 1.61. The third-order valence-corrected chi connectivity index (χ3v) is 1.95. The highest BCUT2D eigenvalue weighted by atomic mass is 79.9. The number of halogens is 2. The van der Waals surface area contributed by atoms with Gasteiger partial charge in [0.15, 0.2) is 0 Å². The van der Waals surface area contributed by atoms with Gasteiger partial charge in [-0.3, -0.25) is 4.79 Å². The number of aromatic nitrogens is 1. The van der Waals surface area contributed by atoms with Gasteiger partial charge in [0.05, 0.1) is 0 Å². The second kappa shape index (κ2) is 2.75. The van der Waals surface area contributed by atoms with Gasteiger partial charge in [-0.1, -0.05) is 15.9 Å². The minimum absolute atomic E-state index is 0.326. The van der Waals surface area contributed by atoms with Crippen molar-refractivity contribution in [1.29, 1.82) is 0 Å². The van der Waals surface area contributed by atoms with E-state index in [1.807, 2.05) is 0 Å². The van der Waals surface area contributed by atoms with Crippen LogP contribution >= 0.6 is 31.9 Å². The number of rotatable bonds is 0. The molecule has 0 aromatic carbocycles. The Bertz CT molecular complexity index is 307. The van der Waals surface area contributed by atoms with Crippen LogP contribution in [-0.4, -0.2) is 9.94 Å². The van der Waals surface area contributed by atoms with E-state index in [9.17, 15) is 4.79 Å². The summed E-state index contributed by atoms with van der Waals surface area (Å²) in [7, 11) is 0. The van der Waals surface area contributed by atoms with Crippen molar-refractivity contribution in [3.05, 3.63) is 31.6 Å². The smallest absolute Gasteiger partial charge is 0.284 e. The van der Waals surface area contributed by atoms with Gasteiger partial charge in [0.25, 0.3) is 5.56 Å². The van der Waals surface area contributed by atoms with Crippen molar-refractivity contribution in [2.45, 2.75) is 0 Å². The van der Waals surface area contributed by atoms with Crippen LogP contribution in [0.25, 0.3) is 0 Å². The average Bonchev–Trinajstić information content (AvgIpc) is 1.82. The maximum absolute atomic E-state index is 10.7. The van der Waals surface area contributed by atoms with E-state index < -0.39 is 5.56 Å². The molecule has 0 saturated heterocycles. The topological polar surface area (TPSA) is 42.2 Å². The van der Waals surface area contributed by atoms with Crippen LogP contribution in [0.2, 0.25) is 0 Å². The van der Waals surface area contributed by atoms with Crippen molar-refractivity contribution in [2.24, 2.45) is 0 Å². The molecule has 0 bridgehead atoms. The minimum Gasteiger partial charge on any atom is -0.424 e. The van der Waals surface area contributed by atoms with Crippen LogP contribution in [0.5, 0.6) is 0 Å². The maximum atomic E-state index is 10.7. The summed E-state index contributed by atoms with van der Waals surface area (Å²) in [4.78, 5) is 10.7. The van der Waals surface area contributed by atoms with E-state index >= 15 is 0 Å².